The van der Waals surface area contributed by atoms with Crippen molar-refractivity contribution in [1.29, 1.82) is 0 Å². The summed E-state index contributed by atoms with van der Waals surface area (Å²) >= 11 is 0. The molecular weight excluding hydrogens is 304 g/mol. The molecule has 148 valence electrons. The lowest BCUT2D eigenvalue weighted by molar-refractivity contribution is -0.943. The third-order valence-corrected chi connectivity index (χ3v) is 5.97. The van der Waals surface area contributed by atoms with Crippen LogP contribution >= 0.6 is 0 Å². The highest BCUT2D eigenvalue weighted by Gasteiger charge is 2.24. The molecule has 0 heterocycles. The van der Waals surface area contributed by atoms with E-state index in [9.17, 15) is 0 Å². The first-order valence-electron chi connectivity index (χ1n) is 9.58. The summed E-state index contributed by atoms with van der Waals surface area (Å²) in [4.78, 5) is 8.33. The molecule has 5 heteroatoms. The highest BCUT2D eigenvalue weighted by atomic mass is 16.6. The average Bonchev–Trinajstić information content (AvgIpc) is 2.51. The molecule has 0 bridgehead atoms. The SMILES string of the molecule is CC[N+](CC)(CC)C(C)C.CC[N+](CC)(CC)C(C)C.O=C([O-])[O-]. The molecule has 0 aliphatic heterocycles. The topological polar surface area (TPSA) is 63.2 Å². The van der Waals surface area contributed by atoms with Gasteiger partial charge in [0.1, 0.15) is 0 Å². The molecule has 0 N–H and O–H groups in total. The first-order chi connectivity index (χ1) is 11.0. The van der Waals surface area contributed by atoms with Crippen LogP contribution in [0, 0.1) is 0 Å². The second-order valence-electron chi connectivity index (χ2n) is 6.77. The second kappa shape index (κ2) is 14.5. The lowest BCUT2D eigenvalue weighted by Gasteiger charge is -2.39. The van der Waals surface area contributed by atoms with Gasteiger partial charge in [-0.05, 0) is 75.4 Å². The molecule has 0 aromatic rings. The zero-order chi connectivity index (χ0) is 20.0. The van der Waals surface area contributed by atoms with Crippen LogP contribution in [0.2, 0.25) is 0 Å². The summed E-state index contributed by atoms with van der Waals surface area (Å²) in [7, 11) is 0. The second-order valence-corrected chi connectivity index (χ2v) is 6.77. The summed E-state index contributed by atoms with van der Waals surface area (Å²) in [6.07, 6.45) is -2.33. The Labute approximate surface area is 151 Å². The van der Waals surface area contributed by atoms with Crippen molar-refractivity contribution in [3.63, 3.8) is 0 Å². The Hall–Kier alpha value is -0.810. The van der Waals surface area contributed by atoms with Gasteiger partial charge in [0.15, 0.2) is 0 Å². The van der Waals surface area contributed by atoms with Gasteiger partial charge in [0.05, 0.1) is 51.4 Å². The number of hydrogen-bond donors (Lipinski definition) is 0. The van der Waals surface area contributed by atoms with Gasteiger partial charge in [-0.25, -0.2) is 0 Å². The van der Waals surface area contributed by atoms with Crippen molar-refractivity contribution in [3.05, 3.63) is 0 Å². The fourth-order valence-corrected chi connectivity index (χ4v) is 3.53. The van der Waals surface area contributed by atoms with E-state index in [0.717, 1.165) is 12.1 Å². The van der Waals surface area contributed by atoms with Gasteiger partial charge in [-0.15, -0.1) is 0 Å². The fourth-order valence-electron chi connectivity index (χ4n) is 3.53. The number of carbonyl (C=O) groups is 1. The van der Waals surface area contributed by atoms with Crippen molar-refractivity contribution >= 4 is 6.16 Å². The van der Waals surface area contributed by atoms with E-state index in [2.05, 4.69) is 69.2 Å². The average molecular weight is 349 g/mol. The third kappa shape index (κ3) is 10.1. The largest absolute Gasteiger partial charge is 0.652 e. The maximum absolute atomic E-state index is 8.33. The van der Waals surface area contributed by atoms with Crippen LogP contribution in [-0.2, 0) is 0 Å². The van der Waals surface area contributed by atoms with Gasteiger partial charge in [0.2, 0.25) is 0 Å². The molecule has 24 heavy (non-hydrogen) atoms. The number of hydrogen-bond acceptors (Lipinski definition) is 3. The molecule has 0 aliphatic carbocycles. The fraction of sp³-hybridized carbons (Fsp3) is 0.947. The van der Waals surface area contributed by atoms with E-state index < -0.39 is 6.16 Å². The first-order valence-corrected chi connectivity index (χ1v) is 9.58. The van der Waals surface area contributed by atoms with Crippen LogP contribution in [0.15, 0.2) is 0 Å². The number of carboxylic acid groups (broad SMARTS) is 2. The molecule has 0 saturated heterocycles. The van der Waals surface area contributed by atoms with E-state index in [4.69, 9.17) is 15.0 Å². The molecule has 0 unspecified atom stereocenters. The van der Waals surface area contributed by atoms with Crippen LogP contribution in [0.1, 0.15) is 69.2 Å². The minimum absolute atomic E-state index is 0.778. The molecule has 0 aromatic carbocycles. The van der Waals surface area contributed by atoms with E-state index in [0.29, 0.717) is 0 Å². The van der Waals surface area contributed by atoms with Gasteiger partial charge in [0.25, 0.3) is 0 Å². The quantitative estimate of drug-likeness (QED) is 0.631. The van der Waals surface area contributed by atoms with Gasteiger partial charge in [0, 0.05) is 0 Å². The summed E-state index contributed by atoms with van der Waals surface area (Å²) in [5.74, 6) is 0. The summed E-state index contributed by atoms with van der Waals surface area (Å²) < 4.78 is 2.53. The highest BCUT2D eigenvalue weighted by molar-refractivity contribution is 5.47. The molecule has 0 aromatic heterocycles. The summed E-state index contributed by atoms with van der Waals surface area (Å²) in [6.45, 7) is 30.6. The van der Waals surface area contributed by atoms with Gasteiger partial charge < -0.3 is 24.0 Å². The van der Waals surface area contributed by atoms with Crippen molar-refractivity contribution in [2.24, 2.45) is 0 Å². The van der Waals surface area contributed by atoms with Crippen molar-refractivity contribution in [2.45, 2.75) is 81.3 Å². The summed E-state index contributed by atoms with van der Waals surface area (Å²) in [5.41, 5.74) is 0. The minimum atomic E-state index is -2.33. The number of nitrogens with zero attached hydrogens (tertiary/aromatic N) is 2. The van der Waals surface area contributed by atoms with Crippen LogP contribution in [0.25, 0.3) is 0 Å². The number of carbonyl (C=O) groups excluding carboxylic acids is 1. The van der Waals surface area contributed by atoms with Crippen LogP contribution in [-0.4, -0.2) is 66.5 Å². The zero-order valence-corrected chi connectivity index (χ0v) is 18.0. The van der Waals surface area contributed by atoms with Crippen LogP contribution in [0.3, 0.4) is 0 Å². The minimum Gasteiger partial charge on any atom is -0.652 e. The van der Waals surface area contributed by atoms with E-state index >= 15 is 0 Å². The molecular formula is C19H44N2O3. The molecule has 0 amide bonds. The maximum Gasteiger partial charge on any atom is 0.0833 e. The molecule has 0 atom stereocenters. The Bertz CT molecular complexity index is 252. The predicted octanol–water partition coefficient (Wildman–Crippen LogP) is 2.10. The zero-order valence-electron chi connectivity index (χ0n) is 18.0. The Kier molecular flexibility index (Phi) is 17.0. The molecule has 5 nitrogen and oxygen atoms in total. The molecule has 0 fully saturated rings. The monoisotopic (exact) mass is 348 g/mol. The van der Waals surface area contributed by atoms with Gasteiger partial charge in [-0.1, -0.05) is 0 Å². The van der Waals surface area contributed by atoms with Crippen LogP contribution in [0.4, 0.5) is 4.79 Å². The predicted molar refractivity (Wildman–Crippen MR) is 99.4 cm³/mol. The first kappa shape index (κ1) is 28.0. The lowest BCUT2D eigenvalue weighted by atomic mass is 10.2. The van der Waals surface area contributed by atoms with E-state index in [1.165, 1.54) is 48.2 Å². The Morgan fingerprint density at radius 3 is 0.750 bits per heavy atom. The van der Waals surface area contributed by atoms with E-state index in [-0.39, 0.29) is 0 Å². The smallest absolute Gasteiger partial charge is 0.0833 e. The Morgan fingerprint density at radius 2 is 0.750 bits per heavy atom. The Balaban J connectivity index is -0.000000301. The standard InChI is InChI=1S/2C9H22N.CH2O3/c2*1-6-10(7-2,8-3)9(4)5;2-1(3)4/h2*9H,6-8H2,1-5H3;(H2,2,3,4)/q2*+1;/p-2. The van der Waals surface area contributed by atoms with Crippen LogP contribution < -0.4 is 10.2 Å². The Morgan fingerprint density at radius 1 is 0.625 bits per heavy atom. The van der Waals surface area contributed by atoms with Crippen molar-refractivity contribution < 1.29 is 24.0 Å². The van der Waals surface area contributed by atoms with Crippen LogP contribution in [0.5, 0.6) is 0 Å². The molecule has 0 radical (unpaired) electrons. The molecule has 0 spiro atoms. The molecule has 0 saturated carbocycles. The van der Waals surface area contributed by atoms with Crippen molar-refractivity contribution in [1.82, 2.24) is 0 Å². The molecule has 0 rings (SSSR count). The molecule has 0 aliphatic rings. The normalized spacial score (nSPS) is 11.5. The van der Waals surface area contributed by atoms with Crippen molar-refractivity contribution in [2.75, 3.05) is 39.3 Å². The third-order valence-electron chi connectivity index (χ3n) is 5.97. The summed E-state index contributed by atoms with van der Waals surface area (Å²) in [6, 6.07) is 1.56. The number of quaternary nitrogens is 2. The highest BCUT2D eigenvalue weighted by Crippen LogP contribution is 2.12. The van der Waals surface area contributed by atoms with Crippen molar-refractivity contribution in [3.8, 4) is 0 Å². The number of rotatable bonds is 8. The maximum atomic E-state index is 8.33. The van der Waals surface area contributed by atoms with Gasteiger partial charge >= 0.3 is 0 Å². The van der Waals surface area contributed by atoms with Gasteiger partial charge in [-0.3, -0.25) is 0 Å². The lowest BCUT2D eigenvalue weighted by Crippen LogP contribution is -2.52. The van der Waals surface area contributed by atoms with E-state index in [1.54, 1.807) is 0 Å². The van der Waals surface area contributed by atoms with Gasteiger partial charge in [-0.2, -0.15) is 0 Å². The van der Waals surface area contributed by atoms with E-state index in [1.807, 2.05) is 0 Å². The summed E-state index contributed by atoms with van der Waals surface area (Å²) in [5, 5.41) is 16.7.